The van der Waals surface area contributed by atoms with Crippen LogP contribution in [0.15, 0.2) is 0 Å². The van der Waals surface area contributed by atoms with Crippen molar-refractivity contribution in [3.05, 3.63) is 0 Å². The van der Waals surface area contributed by atoms with Gasteiger partial charge in [0.25, 0.3) is 0 Å². The van der Waals surface area contributed by atoms with Gasteiger partial charge < -0.3 is 0 Å². The van der Waals surface area contributed by atoms with Gasteiger partial charge in [-0.25, -0.2) is 0 Å². The van der Waals surface area contributed by atoms with Crippen molar-refractivity contribution in [1.29, 1.82) is 0 Å². The van der Waals surface area contributed by atoms with Gasteiger partial charge in [0.05, 0.1) is 0 Å². The predicted octanol–water partition coefficient (Wildman–Crippen LogP) is 0.830. The number of rotatable bonds is 2. The molecule has 2 radical (unpaired) electrons. The molecule has 0 amide bonds. The van der Waals surface area contributed by atoms with Gasteiger partial charge in [-0.05, 0) is 0 Å². The summed E-state index contributed by atoms with van der Waals surface area (Å²) in [6.07, 6.45) is 0. The molecule has 9 heavy (non-hydrogen) atoms. The second-order valence-electron chi connectivity index (χ2n) is 1.16. The molecule has 5 heteroatoms. The minimum absolute atomic E-state index is 0.0494. The predicted molar refractivity (Wildman–Crippen MR) is 34.5 cm³/mol. The number of hydrogen-bond acceptors (Lipinski definition) is 3. The molecule has 0 heterocycles. The Morgan fingerprint density at radius 3 is 1.33 bits per heavy atom. The van der Waals surface area contributed by atoms with Crippen LogP contribution in [0.2, 0.25) is 7.96 Å². The van der Waals surface area contributed by atoms with E-state index >= 15 is 0 Å². The van der Waals surface area contributed by atoms with E-state index in [0.29, 0.717) is 0 Å². The van der Waals surface area contributed by atoms with Gasteiger partial charge in [0.15, 0.2) is 0 Å². The molecule has 0 saturated carbocycles. The topological polar surface area (TPSA) is 51.2 Å². The van der Waals surface area contributed by atoms with Crippen LogP contribution in [0, 0.1) is 0 Å². The van der Waals surface area contributed by atoms with E-state index in [2.05, 4.69) is 13.8 Å². The van der Waals surface area contributed by atoms with Crippen molar-refractivity contribution in [1.82, 2.24) is 0 Å². The fourth-order valence-corrected chi connectivity index (χ4v) is 2.19. The van der Waals surface area contributed by atoms with Gasteiger partial charge in [-0.15, -0.1) is 0 Å². The van der Waals surface area contributed by atoms with E-state index in [-0.39, 0.29) is 24.2 Å². The summed E-state index contributed by atoms with van der Waals surface area (Å²) in [5.41, 5.74) is 0. The van der Waals surface area contributed by atoms with Gasteiger partial charge in [-0.1, -0.05) is 0 Å². The van der Waals surface area contributed by atoms with E-state index in [1.54, 1.807) is 0 Å². The van der Waals surface area contributed by atoms with Crippen LogP contribution in [0.4, 0.5) is 0 Å². The van der Waals surface area contributed by atoms with Crippen LogP contribution >= 0.6 is 0 Å². The molecule has 0 unspecified atom stereocenters. The van der Waals surface area contributed by atoms with Crippen molar-refractivity contribution in [2.24, 2.45) is 0 Å². The quantitative estimate of drug-likeness (QED) is 0.655. The maximum absolute atomic E-state index is 8.54. The maximum atomic E-state index is 8.54. The van der Waals surface area contributed by atoms with E-state index in [1.807, 2.05) is 0 Å². The molecule has 0 bridgehead atoms. The molecule has 0 atom stereocenters. The van der Waals surface area contributed by atoms with Gasteiger partial charge in [0.1, 0.15) is 0 Å². The van der Waals surface area contributed by atoms with Gasteiger partial charge >= 0.3 is 71.2 Å². The molecular formula is C4H10O3PbSe. The standard InChI is InChI=1S/2C2H5.O3Se.Pb/c2*1-2;1-4(2)3;/h2*1H2,2H3;;. The zero-order valence-electron chi connectivity index (χ0n) is 5.55. The van der Waals surface area contributed by atoms with Crippen LogP contribution < -0.4 is 0 Å². The van der Waals surface area contributed by atoms with Gasteiger partial charge in [0.2, 0.25) is 0 Å². The summed E-state index contributed by atoms with van der Waals surface area (Å²) < 4.78 is 28.7. The molecule has 0 aliphatic rings. The molecule has 0 fully saturated rings. The Labute approximate surface area is 70.9 Å². The summed E-state index contributed by atoms with van der Waals surface area (Å²) in [6.45, 7) is 4.60. The van der Waals surface area contributed by atoms with Gasteiger partial charge in [-0.2, -0.15) is 0 Å². The van der Waals surface area contributed by atoms with E-state index in [1.165, 1.54) is 7.96 Å². The Balaban J connectivity index is 0. The molecule has 0 aromatic rings. The fraction of sp³-hybridized carbons (Fsp3) is 1.00. The first-order chi connectivity index (χ1) is 4.15. The van der Waals surface area contributed by atoms with Crippen LogP contribution in [0.25, 0.3) is 0 Å². The van der Waals surface area contributed by atoms with Crippen LogP contribution in [0.5, 0.6) is 0 Å². The first-order valence-electron chi connectivity index (χ1n) is 2.62. The summed E-state index contributed by atoms with van der Waals surface area (Å²) in [7, 11) is 0. The van der Waals surface area contributed by atoms with Crippen molar-refractivity contribution in [2.75, 3.05) is 0 Å². The molecular weight excluding hydrogens is 382 g/mol. The average molecular weight is 392 g/mol. The summed E-state index contributed by atoms with van der Waals surface area (Å²) in [4.78, 5) is 0. The van der Waals surface area contributed by atoms with Crippen LogP contribution in [0.3, 0.4) is 0 Å². The summed E-state index contributed by atoms with van der Waals surface area (Å²) in [5, 5.41) is 0. The summed E-state index contributed by atoms with van der Waals surface area (Å²) in [5.74, 6) is 0. The molecule has 3 nitrogen and oxygen atoms in total. The third-order valence-corrected chi connectivity index (χ3v) is 4.39. The average Bonchev–Trinajstić information content (AvgIpc) is 1.66. The molecule has 54 valence electrons. The van der Waals surface area contributed by atoms with E-state index in [0.717, 1.165) is 0 Å². The molecule has 0 aromatic carbocycles. The SMILES string of the molecule is C[CH2][Pb][CH2]C.O=[Se](=O)=O. The van der Waals surface area contributed by atoms with Crippen LogP contribution in [-0.2, 0) is 11.5 Å². The summed E-state index contributed by atoms with van der Waals surface area (Å²) >= 11 is -3.74. The van der Waals surface area contributed by atoms with Crippen LogP contribution in [0.1, 0.15) is 13.8 Å². The van der Waals surface area contributed by atoms with E-state index < -0.39 is 13.7 Å². The summed E-state index contributed by atoms with van der Waals surface area (Å²) in [6, 6.07) is 0. The van der Waals surface area contributed by atoms with Crippen molar-refractivity contribution < 1.29 is 11.5 Å². The Morgan fingerprint density at radius 2 is 1.33 bits per heavy atom. The Hall–Kier alpha value is 0.842. The molecule has 0 aromatic heterocycles. The second-order valence-corrected chi connectivity index (χ2v) is 9.46. The molecule has 0 aliphatic carbocycles. The van der Waals surface area contributed by atoms with E-state index in [9.17, 15) is 0 Å². The van der Waals surface area contributed by atoms with Crippen molar-refractivity contribution in [3.63, 3.8) is 0 Å². The normalized spacial score (nSPS) is 7.33. The Kier molecular flexibility index (Phi) is 16.1. The zero-order chi connectivity index (χ0) is 7.70. The fourth-order valence-electron chi connectivity index (χ4n) is 0.250. The van der Waals surface area contributed by atoms with Crippen molar-refractivity contribution in [2.45, 2.75) is 21.8 Å². The third kappa shape index (κ3) is 51.3. The van der Waals surface area contributed by atoms with Crippen LogP contribution in [-0.4, -0.2) is 37.9 Å². The Morgan fingerprint density at radius 1 is 1.11 bits per heavy atom. The van der Waals surface area contributed by atoms with Crippen molar-refractivity contribution in [3.8, 4) is 0 Å². The Bertz CT molecular complexity index is 116. The molecule has 0 saturated heterocycles. The molecule has 0 rings (SSSR count). The zero-order valence-corrected chi connectivity index (χ0v) is 11.1. The molecule has 0 spiro atoms. The first kappa shape index (κ1) is 12.5. The van der Waals surface area contributed by atoms with Crippen molar-refractivity contribution >= 4 is 37.9 Å². The number of hydrogen-bond donors (Lipinski definition) is 0. The molecule has 0 N–H and O–H groups in total. The van der Waals surface area contributed by atoms with Gasteiger partial charge in [-0.3, -0.25) is 0 Å². The van der Waals surface area contributed by atoms with E-state index in [4.69, 9.17) is 11.5 Å². The minimum atomic E-state index is -3.79. The molecule has 0 aliphatic heterocycles. The monoisotopic (exact) mass is 394 g/mol. The third-order valence-electron chi connectivity index (χ3n) is 0.500. The first-order valence-corrected chi connectivity index (χ1v) is 10.2. The second kappa shape index (κ2) is 11.6. The van der Waals surface area contributed by atoms with Gasteiger partial charge in [0, 0.05) is 0 Å².